The van der Waals surface area contributed by atoms with E-state index in [4.69, 9.17) is 0 Å². The zero-order valence-corrected chi connectivity index (χ0v) is 6.54. The minimum Gasteiger partial charge on any atom is -0.265 e. The maximum Gasteiger partial charge on any atom is 0.0270 e. The third-order valence-corrected chi connectivity index (χ3v) is 1.39. The van der Waals surface area contributed by atoms with Crippen LogP contribution in [-0.2, 0) is 6.42 Å². The van der Waals surface area contributed by atoms with Crippen molar-refractivity contribution in [3.63, 3.8) is 0 Å². The van der Waals surface area contributed by atoms with Gasteiger partial charge in [-0.1, -0.05) is 13.8 Å². The van der Waals surface area contributed by atoms with Crippen LogP contribution in [0.1, 0.15) is 19.4 Å². The fourth-order valence-electron chi connectivity index (χ4n) is 0.990. The van der Waals surface area contributed by atoms with Crippen LogP contribution in [0.3, 0.4) is 0 Å². The van der Waals surface area contributed by atoms with Crippen molar-refractivity contribution in [3.8, 4) is 0 Å². The molecule has 1 rings (SSSR count). The highest BCUT2D eigenvalue weighted by Gasteiger charge is 1.94. The quantitative estimate of drug-likeness (QED) is 0.606. The van der Waals surface area contributed by atoms with Gasteiger partial charge in [-0.3, -0.25) is 4.98 Å². The van der Waals surface area contributed by atoms with Crippen LogP contribution in [-0.4, -0.2) is 4.98 Å². The second kappa shape index (κ2) is 3.35. The Morgan fingerprint density at radius 3 is 2.40 bits per heavy atom. The Morgan fingerprint density at radius 2 is 1.90 bits per heavy atom. The number of aromatic nitrogens is 1. The summed E-state index contributed by atoms with van der Waals surface area (Å²) >= 11 is 0. The normalized spacial score (nSPS) is 10.3. The third kappa shape index (κ3) is 2.18. The number of nitrogens with zero attached hydrogens (tertiary/aromatic N) is 1. The predicted octanol–water partition coefficient (Wildman–Crippen LogP) is 2.28. The summed E-state index contributed by atoms with van der Waals surface area (Å²) in [4.78, 5) is 3.95. The van der Waals surface area contributed by atoms with Crippen LogP contribution >= 0.6 is 0 Å². The van der Waals surface area contributed by atoms with E-state index in [1.165, 1.54) is 5.56 Å². The van der Waals surface area contributed by atoms with Gasteiger partial charge in [-0.25, -0.2) is 0 Å². The van der Waals surface area contributed by atoms with Crippen molar-refractivity contribution < 1.29 is 0 Å². The molecule has 0 aliphatic heterocycles. The van der Waals surface area contributed by atoms with Crippen LogP contribution in [0.4, 0.5) is 0 Å². The molecule has 1 aromatic heterocycles. The number of hydrogen-bond acceptors (Lipinski definition) is 1. The molecule has 0 radical (unpaired) electrons. The zero-order chi connectivity index (χ0) is 7.40. The molecule has 0 aromatic carbocycles. The molecule has 10 heavy (non-hydrogen) atoms. The Hall–Kier alpha value is -0.850. The van der Waals surface area contributed by atoms with E-state index in [9.17, 15) is 0 Å². The third-order valence-electron chi connectivity index (χ3n) is 1.39. The summed E-state index contributed by atoms with van der Waals surface area (Å²) in [5.41, 5.74) is 1.38. The van der Waals surface area contributed by atoms with Gasteiger partial charge in [0.05, 0.1) is 0 Å². The summed E-state index contributed by atoms with van der Waals surface area (Å²) in [6.07, 6.45) is 4.85. The van der Waals surface area contributed by atoms with Gasteiger partial charge in [-0.2, -0.15) is 0 Å². The predicted molar refractivity (Wildman–Crippen MR) is 42.8 cm³/mol. The molecule has 0 amide bonds. The van der Waals surface area contributed by atoms with Crippen molar-refractivity contribution in [2.75, 3.05) is 0 Å². The largest absolute Gasteiger partial charge is 0.265 e. The average molecular weight is 135 g/mol. The molecule has 0 fully saturated rings. The second-order valence-electron chi connectivity index (χ2n) is 2.95. The Morgan fingerprint density at radius 1 is 1.30 bits per heavy atom. The van der Waals surface area contributed by atoms with Gasteiger partial charge >= 0.3 is 0 Å². The van der Waals surface area contributed by atoms with Gasteiger partial charge in [0.15, 0.2) is 0 Å². The standard InChI is InChI=1S/C9H13N/c1-8(2)7-9-3-5-10-6-4-9/h3-6,8H,7H2,1-2H3. The minimum absolute atomic E-state index is 0.738. The van der Waals surface area contributed by atoms with Crippen molar-refractivity contribution in [3.05, 3.63) is 30.1 Å². The molecular formula is C9H13N. The van der Waals surface area contributed by atoms with E-state index >= 15 is 0 Å². The van der Waals surface area contributed by atoms with E-state index in [0.717, 1.165) is 12.3 Å². The Kier molecular flexibility index (Phi) is 2.43. The first-order chi connectivity index (χ1) is 4.79. The highest BCUT2D eigenvalue weighted by Crippen LogP contribution is 2.04. The smallest absolute Gasteiger partial charge is 0.0270 e. The molecule has 1 heteroatoms. The van der Waals surface area contributed by atoms with Gasteiger partial charge in [-0.05, 0) is 30.0 Å². The number of pyridine rings is 1. The maximum atomic E-state index is 3.95. The van der Waals surface area contributed by atoms with Crippen molar-refractivity contribution in [1.29, 1.82) is 0 Å². The fraction of sp³-hybridized carbons (Fsp3) is 0.444. The van der Waals surface area contributed by atoms with Crippen LogP contribution < -0.4 is 0 Å². The number of hydrogen-bond donors (Lipinski definition) is 0. The summed E-state index contributed by atoms with van der Waals surface area (Å²) in [6, 6.07) is 4.14. The van der Waals surface area contributed by atoms with Gasteiger partial charge in [0, 0.05) is 12.4 Å². The van der Waals surface area contributed by atoms with Gasteiger partial charge in [0.25, 0.3) is 0 Å². The summed E-state index contributed by atoms with van der Waals surface area (Å²) in [5.74, 6) is 0.738. The topological polar surface area (TPSA) is 12.9 Å². The van der Waals surface area contributed by atoms with Crippen molar-refractivity contribution in [2.45, 2.75) is 20.3 Å². The SMILES string of the molecule is CC(C)Cc1ccncc1. The maximum absolute atomic E-state index is 3.95. The molecule has 0 bridgehead atoms. The molecular weight excluding hydrogens is 122 g/mol. The van der Waals surface area contributed by atoms with Gasteiger partial charge in [-0.15, -0.1) is 0 Å². The molecule has 1 aromatic rings. The lowest BCUT2D eigenvalue weighted by Crippen LogP contribution is -1.92. The second-order valence-corrected chi connectivity index (χ2v) is 2.95. The van der Waals surface area contributed by atoms with E-state index in [1.807, 2.05) is 12.4 Å². The molecule has 1 nitrogen and oxygen atoms in total. The molecule has 0 aliphatic rings. The Balaban J connectivity index is 2.59. The minimum atomic E-state index is 0.738. The summed E-state index contributed by atoms with van der Waals surface area (Å²) < 4.78 is 0. The van der Waals surface area contributed by atoms with Gasteiger partial charge in [0.2, 0.25) is 0 Å². The zero-order valence-electron chi connectivity index (χ0n) is 6.54. The van der Waals surface area contributed by atoms with Crippen molar-refractivity contribution >= 4 is 0 Å². The summed E-state index contributed by atoms with van der Waals surface area (Å²) in [6.45, 7) is 4.45. The lowest BCUT2D eigenvalue weighted by atomic mass is 10.0. The molecule has 1 heterocycles. The Bertz CT molecular complexity index is 179. The molecule has 0 aliphatic carbocycles. The highest BCUT2D eigenvalue weighted by atomic mass is 14.6. The van der Waals surface area contributed by atoms with E-state index in [-0.39, 0.29) is 0 Å². The summed E-state index contributed by atoms with van der Waals surface area (Å²) in [7, 11) is 0. The van der Waals surface area contributed by atoms with Gasteiger partial charge in [0.1, 0.15) is 0 Å². The van der Waals surface area contributed by atoms with E-state index in [1.54, 1.807) is 0 Å². The molecule has 0 unspecified atom stereocenters. The monoisotopic (exact) mass is 135 g/mol. The Labute approximate surface area is 62.1 Å². The van der Waals surface area contributed by atoms with Crippen molar-refractivity contribution in [2.24, 2.45) is 5.92 Å². The first-order valence-corrected chi connectivity index (χ1v) is 3.68. The average Bonchev–Trinajstić information content (AvgIpc) is 1.88. The molecule has 54 valence electrons. The highest BCUT2D eigenvalue weighted by molar-refractivity contribution is 5.09. The number of rotatable bonds is 2. The van der Waals surface area contributed by atoms with Crippen LogP contribution in [0.5, 0.6) is 0 Å². The molecule has 0 N–H and O–H groups in total. The van der Waals surface area contributed by atoms with Crippen LogP contribution in [0.25, 0.3) is 0 Å². The van der Waals surface area contributed by atoms with E-state index in [0.29, 0.717) is 0 Å². The molecule has 0 atom stereocenters. The van der Waals surface area contributed by atoms with E-state index in [2.05, 4.69) is 31.0 Å². The molecule has 0 spiro atoms. The van der Waals surface area contributed by atoms with Crippen LogP contribution in [0.15, 0.2) is 24.5 Å². The first kappa shape index (κ1) is 7.26. The van der Waals surface area contributed by atoms with Crippen molar-refractivity contribution in [1.82, 2.24) is 4.98 Å². The lowest BCUT2D eigenvalue weighted by Gasteiger charge is -2.02. The van der Waals surface area contributed by atoms with Crippen LogP contribution in [0.2, 0.25) is 0 Å². The van der Waals surface area contributed by atoms with E-state index < -0.39 is 0 Å². The molecule has 0 saturated heterocycles. The molecule has 0 saturated carbocycles. The fourth-order valence-corrected chi connectivity index (χ4v) is 0.990. The lowest BCUT2D eigenvalue weighted by molar-refractivity contribution is 0.647. The van der Waals surface area contributed by atoms with Gasteiger partial charge < -0.3 is 0 Å². The van der Waals surface area contributed by atoms with Crippen LogP contribution in [0, 0.1) is 5.92 Å². The summed E-state index contributed by atoms with van der Waals surface area (Å²) in [5, 5.41) is 0. The first-order valence-electron chi connectivity index (χ1n) is 3.68.